The van der Waals surface area contributed by atoms with Crippen LogP contribution in [0.2, 0.25) is 5.02 Å². The van der Waals surface area contributed by atoms with E-state index in [1.165, 1.54) is 6.92 Å². The lowest BCUT2D eigenvalue weighted by Crippen LogP contribution is -2.45. The number of aromatic nitrogens is 2. The monoisotopic (exact) mass is 326 g/mol. The third-order valence-electron chi connectivity index (χ3n) is 4.20. The van der Waals surface area contributed by atoms with Crippen molar-refractivity contribution < 1.29 is 9.59 Å². The summed E-state index contributed by atoms with van der Waals surface area (Å²) < 4.78 is 1.63. The molecule has 0 bridgehead atoms. The van der Waals surface area contributed by atoms with Gasteiger partial charge in [0.05, 0.1) is 10.7 Å². The van der Waals surface area contributed by atoms with Crippen LogP contribution in [0.4, 0.5) is 0 Å². The van der Waals surface area contributed by atoms with Crippen LogP contribution in [0.5, 0.6) is 0 Å². The van der Waals surface area contributed by atoms with Crippen LogP contribution in [0.1, 0.15) is 48.8 Å². The predicted molar refractivity (Wildman–Crippen MR) is 84.9 cm³/mol. The second-order valence-corrected chi connectivity index (χ2v) is 6.17. The van der Waals surface area contributed by atoms with E-state index in [1.807, 2.05) is 11.8 Å². The van der Waals surface area contributed by atoms with Gasteiger partial charge in [-0.05, 0) is 32.6 Å². The molecular formula is C15H23ClN4O2. The molecule has 7 heteroatoms. The van der Waals surface area contributed by atoms with Gasteiger partial charge in [0, 0.05) is 33.1 Å². The number of hydrogen-bond acceptors (Lipinski definition) is 3. The molecule has 1 fully saturated rings. The van der Waals surface area contributed by atoms with Crippen molar-refractivity contribution in [2.75, 3.05) is 13.1 Å². The third kappa shape index (κ3) is 3.61. The fourth-order valence-corrected chi connectivity index (χ4v) is 3.08. The molecule has 1 atom stereocenters. The van der Waals surface area contributed by atoms with Gasteiger partial charge in [-0.3, -0.25) is 14.3 Å². The Kier molecular flexibility index (Phi) is 5.45. The van der Waals surface area contributed by atoms with Crippen molar-refractivity contribution in [3.05, 3.63) is 16.4 Å². The maximum absolute atomic E-state index is 12.8. The normalized spacial score (nSPS) is 18.4. The van der Waals surface area contributed by atoms with E-state index in [9.17, 15) is 9.59 Å². The molecule has 22 heavy (non-hydrogen) atoms. The molecule has 1 aliphatic heterocycles. The summed E-state index contributed by atoms with van der Waals surface area (Å²) in [6.07, 6.45) is 3.80. The summed E-state index contributed by atoms with van der Waals surface area (Å²) in [6, 6.07) is 0.131. The van der Waals surface area contributed by atoms with Gasteiger partial charge in [0.25, 0.3) is 5.91 Å². The van der Waals surface area contributed by atoms with Crippen LogP contribution < -0.4 is 5.32 Å². The Labute approximate surface area is 135 Å². The minimum atomic E-state index is -0.110. The first-order valence-electron chi connectivity index (χ1n) is 7.66. The summed E-state index contributed by atoms with van der Waals surface area (Å²) in [5.41, 5.74) is 1.12. The van der Waals surface area contributed by atoms with E-state index in [4.69, 9.17) is 11.6 Å². The molecule has 1 saturated heterocycles. The summed E-state index contributed by atoms with van der Waals surface area (Å²) in [7, 11) is 1.78. The fraction of sp³-hybridized carbons (Fsp3) is 0.667. The summed E-state index contributed by atoms with van der Waals surface area (Å²) in [4.78, 5) is 25.6. The first-order chi connectivity index (χ1) is 10.4. The van der Waals surface area contributed by atoms with Gasteiger partial charge in [-0.25, -0.2) is 0 Å². The molecular weight excluding hydrogens is 304 g/mol. The Bertz CT molecular complexity index is 570. The number of carbonyl (C=O) groups is 2. The Morgan fingerprint density at radius 3 is 2.73 bits per heavy atom. The van der Waals surface area contributed by atoms with Gasteiger partial charge >= 0.3 is 0 Å². The molecule has 2 rings (SSSR count). The van der Waals surface area contributed by atoms with Gasteiger partial charge in [-0.15, -0.1) is 0 Å². The summed E-state index contributed by atoms with van der Waals surface area (Å²) in [5.74, 6) is -0.154. The first kappa shape index (κ1) is 16.8. The summed E-state index contributed by atoms with van der Waals surface area (Å²) in [6.45, 7) is 4.64. The smallest absolute Gasteiger partial charge is 0.276 e. The number of amides is 2. The van der Waals surface area contributed by atoms with Crippen LogP contribution in [-0.2, 0) is 11.8 Å². The van der Waals surface area contributed by atoms with Crippen molar-refractivity contribution in [1.29, 1.82) is 0 Å². The number of piperidine rings is 1. The van der Waals surface area contributed by atoms with Gasteiger partial charge in [0.2, 0.25) is 5.91 Å². The van der Waals surface area contributed by atoms with Crippen molar-refractivity contribution in [1.82, 2.24) is 20.0 Å². The van der Waals surface area contributed by atoms with E-state index < -0.39 is 0 Å². The Hall–Kier alpha value is -1.56. The number of carbonyl (C=O) groups excluding carboxylic acids is 2. The highest BCUT2D eigenvalue weighted by Gasteiger charge is 2.30. The fourth-order valence-electron chi connectivity index (χ4n) is 2.84. The maximum Gasteiger partial charge on any atom is 0.276 e. The van der Waals surface area contributed by atoms with Crippen LogP contribution in [0.15, 0.2) is 0 Å². The first-order valence-corrected chi connectivity index (χ1v) is 8.04. The van der Waals surface area contributed by atoms with Gasteiger partial charge < -0.3 is 10.2 Å². The minimum absolute atomic E-state index is 0.0444. The maximum atomic E-state index is 12.8. The molecule has 0 saturated carbocycles. The highest BCUT2D eigenvalue weighted by molar-refractivity contribution is 6.34. The van der Waals surface area contributed by atoms with Crippen molar-refractivity contribution in [2.45, 2.75) is 45.6 Å². The lowest BCUT2D eigenvalue weighted by molar-refractivity contribution is -0.119. The van der Waals surface area contributed by atoms with Crippen molar-refractivity contribution in [2.24, 2.45) is 7.05 Å². The van der Waals surface area contributed by atoms with Gasteiger partial charge in [-0.2, -0.15) is 5.10 Å². The van der Waals surface area contributed by atoms with Gasteiger partial charge in [-0.1, -0.05) is 11.6 Å². The number of nitrogens with one attached hydrogen (secondary N) is 1. The molecule has 1 aromatic rings. The number of likely N-dealkylation sites (tertiary alicyclic amines) is 1. The molecule has 122 valence electrons. The van der Waals surface area contributed by atoms with Crippen molar-refractivity contribution in [3.63, 3.8) is 0 Å². The van der Waals surface area contributed by atoms with Crippen molar-refractivity contribution >= 4 is 23.4 Å². The molecule has 1 N–H and O–H groups in total. The van der Waals surface area contributed by atoms with Gasteiger partial charge in [0.15, 0.2) is 5.69 Å². The Morgan fingerprint density at radius 2 is 2.14 bits per heavy atom. The van der Waals surface area contributed by atoms with Crippen LogP contribution >= 0.6 is 11.6 Å². The molecule has 2 amide bonds. The Morgan fingerprint density at radius 1 is 1.41 bits per heavy atom. The zero-order valence-corrected chi connectivity index (χ0v) is 14.1. The van der Waals surface area contributed by atoms with Crippen LogP contribution in [0, 0.1) is 6.92 Å². The average molecular weight is 327 g/mol. The molecule has 6 nitrogen and oxygen atoms in total. The van der Waals surface area contributed by atoms with Gasteiger partial charge in [0.1, 0.15) is 0 Å². The second-order valence-electron chi connectivity index (χ2n) is 5.79. The number of rotatable bonds is 4. The summed E-state index contributed by atoms with van der Waals surface area (Å²) in [5, 5.41) is 7.47. The van der Waals surface area contributed by atoms with Crippen molar-refractivity contribution in [3.8, 4) is 0 Å². The number of hydrogen-bond donors (Lipinski definition) is 1. The average Bonchev–Trinajstić information content (AvgIpc) is 2.74. The Balaban J connectivity index is 2.10. The molecule has 0 radical (unpaired) electrons. The zero-order valence-electron chi connectivity index (χ0n) is 13.4. The minimum Gasteiger partial charge on any atom is -0.356 e. The molecule has 1 aromatic heterocycles. The highest BCUT2D eigenvalue weighted by Crippen LogP contribution is 2.25. The molecule has 0 spiro atoms. The molecule has 0 aliphatic carbocycles. The zero-order chi connectivity index (χ0) is 16.3. The van der Waals surface area contributed by atoms with E-state index in [2.05, 4.69) is 10.4 Å². The number of aryl methyl sites for hydroxylation is 1. The van der Waals surface area contributed by atoms with Crippen LogP contribution in [-0.4, -0.2) is 45.6 Å². The summed E-state index contributed by atoms with van der Waals surface area (Å²) >= 11 is 6.23. The quantitative estimate of drug-likeness (QED) is 0.919. The lowest BCUT2D eigenvalue weighted by Gasteiger charge is -2.35. The van der Waals surface area contributed by atoms with E-state index in [1.54, 1.807) is 11.7 Å². The van der Waals surface area contributed by atoms with Crippen LogP contribution in [0.3, 0.4) is 0 Å². The highest BCUT2D eigenvalue weighted by atomic mass is 35.5. The molecule has 0 aromatic carbocycles. The lowest BCUT2D eigenvalue weighted by atomic mass is 9.98. The largest absolute Gasteiger partial charge is 0.356 e. The van der Waals surface area contributed by atoms with E-state index in [-0.39, 0.29) is 17.9 Å². The topological polar surface area (TPSA) is 67.2 Å². The van der Waals surface area contributed by atoms with Crippen LogP contribution in [0.25, 0.3) is 0 Å². The molecule has 1 aliphatic rings. The third-order valence-corrected chi connectivity index (χ3v) is 4.66. The SMILES string of the molecule is CC(=O)NCC[C@@H]1CCCCN1C(=O)c1nn(C)c(C)c1Cl. The standard InChI is InChI=1S/C15H23ClN4O2/c1-10-13(16)14(18-19(10)3)15(22)20-9-5-4-6-12(20)7-8-17-11(2)21/h12H,4-9H2,1-3H3,(H,17,21)/t12-/m0/s1. The second kappa shape index (κ2) is 7.13. The predicted octanol–water partition coefficient (Wildman–Crippen LogP) is 1.90. The van der Waals surface area contributed by atoms with E-state index in [0.29, 0.717) is 17.3 Å². The molecule has 2 heterocycles. The van der Waals surface area contributed by atoms with E-state index in [0.717, 1.165) is 37.9 Å². The number of halogens is 1. The molecule has 0 unspecified atom stereocenters. The van der Waals surface area contributed by atoms with E-state index >= 15 is 0 Å². The number of nitrogens with zero attached hydrogens (tertiary/aromatic N) is 3.